The molecule has 1 aliphatic heterocycles. The SMILES string of the molecule is CCNC(=NCC1CN(C)CCN1C)NCCCCOCC. The fourth-order valence-electron chi connectivity index (χ4n) is 2.52. The molecule has 0 bridgehead atoms. The first kappa shape index (κ1) is 19.2. The van der Waals surface area contributed by atoms with Crippen LogP contribution < -0.4 is 10.6 Å². The van der Waals surface area contributed by atoms with E-state index in [1.807, 2.05) is 6.92 Å². The summed E-state index contributed by atoms with van der Waals surface area (Å²) in [7, 11) is 4.38. The zero-order valence-corrected chi connectivity index (χ0v) is 14.9. The van der Waals surface area contributed by atoms with Gasteiger partial charge < -0.3 is 20.3 Å². The van der Waals surface area contributed by atoms with Crippen LogP contribution >= 0.6 is 0 Å². The maximum absolute atomic E-state index is 5.35. The van der Waals surface area contributed by atoms with Gasteiger partial charge in [-0.15, -0.1) is 0 Å². The van der Waals surface area contributed by atoms with Crippen LogP contribution in [0.5, 0.6) is 0 Å². The van der Waals surface area contributed by atoms with E-state index in [2.05, 4.69) is 41.5 Å². The lowest BCUT2D eigenvalue weighted by molar-refractivity contribution is 0.119. The van der Waals surface area contributed by atoms with Crippen molar-refractivity contribution < 1.29 is 4.74 Å². The number of unbranched alkanes of at least 4 members (excludes halogenated alkanes) is 1. The van der Waals surface area contributed by atoms with Gasteiger partial charge in [0.1, 0.15) is 0 Å². The van der Waals surface area contributed by atoms with Crippen LogP contribution in [0.2, 0.25) is 0 Å². The highest BCUT2D eigenvalue weighted by Gasteiger charge is 2.21. The number of nitrogens with zero attached hydrogens (tertiary/aromatic N) is 3. The van der Waals surface area contributed by atoms with E-state index in [4.69, 9.17) is 9.73 Å². The predicted molar refractivity (Wildman–Crippen MR) is 93.6 cm³/mol. The van der Waals surface area contributed by atoms with E-state index < -0.39 is 0 Å². The minimum atomic E-state index is 0.507. The molecule has 1 rings (SSSR count). The maximum Gasteiger partial charge on any atom is 0.191 e. The fourth-order valence-corrected chi connectivity index (χ4v) is 2.52. The van der Waals surface area contributed by atoms with E-state index >= 15 is 0 Å². The second-order valence-electron chi connectivity index (χ2n) is 5.95. The Kier molecular flexibility index (Phi) is 10.2. The third-order valence-electron chi connectivity index (χ3n) is 4.00. The number of nitrogens with one attached hydrogen (secondary N) is 2. The molecule has 130 valence electrons. The minimum absolute atomic E-state index is 0.507. The van der Waals surface area contributed by atoms with Gasteiger partial charge in [-0.3, -0.25) is 9.89 Å². The van der Waals surface area contributed by atoms with Gasteiger partial charge >= 0.3 is 0 Å². The number of guanidine groups is 1. The van der Waals surface area contributed by atoms with Gasteiger partial charge in [-0.05, 0) is 40.8 Å². The summed E-state index contributed by atoms with van der Waals surface area (Å²) >= 11 is 0. The van der Waals surface area contributed by atoms with Crippen LogP contribution in [0.3, 0.4) is 0 Å². The first-order chi connectivity index (χ1) is 10.7. The molecule has 1 saturated heterocycles. The van der Waals surface area contributed by atoms with Gasteiger partial charge in [0, 0.05) is 52.0 Å². The number of piperazine rings is 1. The molecule has 1 fully saturated rings. The average molecular weight is 313 g/mol. The van der Waals surface area contributed by atoms with Gasteiger partial charge in [0.25, 0.3) is 0 Å². The molecule has 0 aliphatic carbocycles. The van der Waals surface area contributed by atoms with Crippen LogP contribution in [0.25, 0.3) is 0 Å². The van der Waals surface area contributed by atoms with Crippen molar-refractivity contribution in [1.82, 2.24) is 20.4 Å². The molecule has 1 atom stereocenters. The second kappa shape index (κ2) is 11.7. The van der Waals surface area contributed by atoms with Crippen molar-refractivity contribution >= 4 is 5.96 Å². The standard InChI is InChI=1S/C16H35N5O/c1-5-17-16(18-9-7-8-12-22-6-2)19-13-15-14-20(3)10-11-21(15)4/h15H,5-14H2,1-4H3,(H2,17,18,19). The smallest absolute Gasteiger partial charge is 0.191 e. The number of likely N-dealkylation sites (N-methyl/N-ethyl adjacent to an activating group) is 2. The molecule has 0 aromatic heterocycles. The van der Waals surface area contributed by atoms with E-state index in [0.29, 0.717) is 6.04 Å². The van der Waals surface area contributed by atoms with Crippen molar-refractivity contribution in [1.29, 1.82) is 0 Å². The van der Waals surface area contributed by atoms with Crippen LogP contribution in [0.15, 0.2) is 4.99 Å². The molecule has 22 heavy (non-hydrogen) atoms. The lowest BCUT2D eigenvalue weighted by atomic mass is 10.2. The molecule has 1 aliphatic rings. The molecule has 0 spiro atoms. The third kappa shape index (κ3) is 7.96. The Labute approximate surface area is 136 Å². The van der Waals surface area contributed by atoms with Crippen molar-refractivity contribution in [3.8, 4) is 0 Å². The lowest BCUT2D eigenvalue weighted by Crippen LogP contribution is -2.51. The largest absolute Gasteiger partial charge is 0.382 e. The molecule has 6 nitrogen and oxygen atoms in total. The Morgan fingerprint density at radius 3 is 2.73 bits per heavy atom. The summed E-state index contributed by atoms with van der Waals surface area (Å²) in [5, 5.41) is 6.74. The Morgan fingerprint density at radius 2 is 2.00 bits per heavy atom. The van der Waals surface area contributed by atoms with E-state index in [-0.39, 0.29) is 0 Å². The first-order valence-electron chi connectivity index (χ1n) is 8.66. The van der Waals surface area contributed by atoms with Crippen molar-refractivity contribution in [2.24, 2.45) is 4.99 Å². The molecule has 0 aromatic carbocycles. The molecule has 0 radical (unpaired) electrons. The summed E-state index contributed by atoms with van der Waals surface area (Å²) in [4.78, 5) is 9.55. The molecule has 1 unspecified atom stereocenters. The van der Waals surface area contributed by atoms with Crippen LogP contribution in [0, 0.1) is 0 Å². The van der Waals surface area contributed by atoms with E-state index in [1.165, 1.54) is 0 Å². The van der Waals surface area contributed by atoms with Crippen molar-refractivity contribution in [3.63, 3.8) is 0 Å². The van der Waals surface area contributed by atoms with Crippen molar-refractivity contribution in [2.75, 3.05) is 66.6 Å². The summed E-state index contributed by atoms with van der Waals surface area (Å²) in [6, 6.07) is 0.507. The van der Waals surface area contributed by atoms with Crippen molar-refractivity contribution in [2.45, 2.75) is 32.7 Å². The molecule has 6 heteroatoms. The van der Waals surface area contributed by atoms with Crippen LogP contribution in [0.4, 0.5) is 0 Å². The fraction of sp³-hybridized carbons (Fsp3) is 0.938. The van der Waals surface area contributed by atoms with Crippen molar-refractivity contribution in [3.05, 3.63) is 0 Å². The van der Waals surface area contributed by atoms with Gasteiger partial charge in [-0.2, -0.15) is 0 Å². The van der Waals surface area contributed by atoms with Gasteiger partial charge in [0.2, 0.25) is 0 Å². The summed E-state index contributed by atoms with van der Waals surface area (Å²) in [6.07, 6.45) is 2.20. The summed E-state index contributed by atoms with van der Waals surface area (Å²) in [6.45, 7) is 11.8. The van der Waals surface area contributed by atoms with E-state index in [1.54, 1.807) is 0 Å². The second-order valence-corrected chi connectivity index (χ2v) is 5.95. The molecular weight excluding hydrogens is 278 g/mol. The van der Waals surface area contributed by atoms with E-state index in [9.17, 15) is 0 Å². The first-order valence-corrected chi connectivity index (χ1v) is 8.66. The van der Waals surface area contributed by atoms with Crippen LogP contribution in [-0.4, -0.2) is 88.4 Å². The highest BCUT2D eigenvalue weighted by molar-refractivity contribution is 5.79. The Hall–Kier alpha value is -0.850. The molecule has 0 amide bonds. The van der Waals surface area contributed by atoms with Gasteiger partial charge in [-0.1, -0.05) is 0 Å². The number of rotatable bonds is 9. The summed E-state index contributed by atoms with van der Waals surface area (Å²) in [5.41, 5.74) is 0. The zero-order valence-electron chi connectivity index (χ0n) is 14.9. The molecule has 2 N–H and O–H groups in total. The Bertz CT molecular complexity index is 311. The van der Waals surface area contributed by atoms with Crippen LogP contribution in [-0.2, 0) is 4.74 Å². The van der Waals surface area contributed by atoms with Gasteiger partial charge in [0.15, 0.2) is 5.96 Å². The normalized spacial score (nSPS) is 21.1. The minimum Gasteiger partial charge on any atom is -0.382 e. The molecule has 0 saturated carbocycles. The van der Waals surface area contributed by atoms with Gasteiger partial charge in [-0.25, -0.2) is 0 Å². The Balaban J connectivity index is 2.31. The Morgan fingerprint density at radius 1 is 1.18 bits per heavy atom. The van der Waals surface area contributed by atoms with Gasteiger partial charge in [0.05, 0.1) is 6.54 Å². The highest BCUT2D eigenvalue weighted by atomic mass is 16.5. The van der Waals surface area contributed by atoms with E-state index in [0.717, 1.165) is 71.3 Å². The zero-order chi connectivity index (χ0) is 16.2. The maximum atomic E-state index is 5.35. The van der Waals surface area contributed by atoms with Crippen LogP contribution in [0.1, 0.15) is 26.7 Å². The summed E-state index contributed by atoms with van der Waals surface area (Å²) < 4.78 is 5.35. The third-order valence-corrected chi connectivity index (χ3v) is 4.00. The monoisotopic (exact) mass is 313 g/mol. The molecule has 1 heterocycles. The summed E-state index contributed by atoms with van der Waals surface area (Å²) in [5.74, 6) is 0.931. The number of hydrogen-bond donors (Lipinski definition) is 2. The highest BCUT2D eigenvalue weighted by Crippen LogP contribution is 2.06. The number of aliphatic imine (C=N–C) groups is 1. The number of ether oxygens (including phenoxy) is 1. The topological polar surface area (TPSA) is 52.1 Å². The number of hydrogen-bond acceptors (Lipinski definition) is 4. The average Bonchev–Trinajstić information content (AvgIpc) is 2.51. The quantitative estimate of drug-likeness (QED) is 0.371. The molecule has 0 aromatic rings. The molecular formula is C16H35N5O. The lowest BCUT2D eigenvalue weighted by Gasteiger charge is -2.36. The predicted octanol–water partition coefficient (Wildman–Crippen LogP) is 0.604.